The molecule has 1 aromatic carbocycles. The van der Waals surface area contributed by atoms with Gasteiger partial charge in [0.2, 0.25) is 5.91 Å². The van der Waals surface area contributed by atoms with E-state index in [1.807, 2.05) is 36.4 Å². The highest BCUT2D eigenvalue weighted by Crippen LogP contribution is 2.26. The van der Waals surface area contributed by atoms with Crippen LogP contribution in [0.3, 0.4) is 0 Å². The lowest BCUT2D eigenvalue weighted by molar-refractivity contribution is -0.155. The van der Waals surface area contributed by atoms with Gasteiger partial charge in [0.1, 0.15) is 17.8 Å². The van der Waals surface area contributed by atoms with Crippen molar-refractivity contribution in [3.8, 4) is 0 Å². The van der Waals surface area contributed by atoms with Crippen molar-refractivity contribution in [3.05, 3.63) is 63.6 Å². The normalized spacial score (nSPS) is 16.3. The van der Waals surface area contributed by atoms with E-state index in [4.69, 9.17) is 4.74 Å². The van der Waals surface area contributed by atoms with Gasteiger partial charge < -0.3 is 10.1 Å². The lowest BCUT2D eigenvalue weighted by atomic mass is 9.88. The molecule has 1 aromatic heterocycles. The van der Waals surface area contributed by atoms with Crippen LogP contribution in [0.2, 0.25) is 0 Å². The number of hydrogen-bond donors (Lipinski definition) is 1. The van der Waals surface area contributed by atoms with Crippen molar-refractivity contribution in [2.24, 2.45) is 5.92 Å². The molecule has 1 amide bonds. The quantitative estimate of drug-likeness (QED) is 0.825. The van der Waals surface area contributed by atoms with Gasteiger partial charge in [-0.25, -0.2) is 0 Å². The Labute approximate surface area is 164 Å². The van der Waals surface area contributed by atoms with Crippen LogP contribution in [0.25, 0.3) is 0 Å². The minimum Gasteiger partial charge on any atom is -0.459 e. The molecule has 2 aromatic rings. The topological polar surface area (TPSA) is 77.4 Å². The monoisotopic (exact) mass is 382 g/mol. The molecule has 0 spiro atoms. The van der Waals surface area contributed by atoms with Crippen LogP contribution in [-0.4, -0.2) is 22.0 Å². The molecule has 28 heavy (non-hydrogen) atoms. The zero-order valence-electron chi connectivity index (χ0n) is 16.7. The van der Waals surface area contributed by atoms with Gasteiger partial charge in [-0.1, -0.05) is 30.3 Å². The number of carbonyl (C=O) groups excluding carboxylic acids is 2. The summed E-state index contributed by atoms with van der Waals surface area (Å²) in [6, 6.07) is 11.7. The summed E-state index contributed by atoms with van der Waals surface area (Å²) in [7, 11) is 0. The number of aryl methyl sites for hydroxylation is 1. The molecule has 6 nitrogen and oxygen atoms in total. The number of anilines is 1. The summed E-state index contributed by atoms with van der Waals surface area (Å²) in [6.07, 6.45) is 1.12. The maximum Gasteiger partial charge on any atom is 0.326 e. The number of rotatable bonds is 4. The molecule has 0 saturated carbocycles. The second-order valence-electron chi connectivity index (χ2n) is 8.24. The van der Waals surface area contributed by atoms with Crippen molar-refractivity contribution in [1.82, 2.24) is 4.57 Å². The number of hydrogen-bond acceptors (Lipinski definition) is 4. The molecule has 0 fully saturated rings. The van der Waals surface area contributed by atoms with E-state index in [1.54, 1.807) is 27.7 Å². The number of benzene rings is 1. The molecular formula is C22H26N2O4. The highest BCUT2D eigenvalue weighted by molar-refractivity contribution is 5.95. The van der Waals surface area contributed by atoms with Gasteiger partial charge in [-0.2, -0.15) is 0 Å². The van der Waals surface area contributed by atoms with E-state index in [0.29, 0.717) is 18.5 Å². The highest BCUT2D eigenvalue weighted by Gasteiger charge is 2.29. The van der Waals surface area contributed by atoms with Gasteiger partial charge in [0.15, 0.2) is 0 Å². The minimum atomic E-state index is -0.623. The number of pyridine rings is 1. The van der Waals surface area contributed by atoms with E-state index < -0.39 is 11.6 Å². The molecule has 1 N–H and O–H groups in total. The van der Waals surface area contributed by atoms with Crippen LogP contribution < -0.4 is 10.9 Å². The molecule has 3 rings (SSSR count). The van der Waals surface area contributed by atoms with Crippen LogP contribution in [0.5, 0.6) is 0 Å². The van der Waals surface area contributed by atoms with Crippen molar-refractivity contribution in [1.29, 1.82) is 0 Å². The predicted octanol–water partition coefficient (Wildman–Crippen LogP) is 2.85. The minimum absolute atomic E-state index is 0.166. The summed E-state index contributed by atoms with van der Waals surface area (Å²) in [4.78, 5) is 37.6. The average molecular weight is 382 g/mol. The number of esters is 1. The first-order valence-corrected chi connectivity index (χ1v) is 9.44. The summed E-state index contributed by atoms with van der Waals surface area (Å²) in [5.74, 6) is -0.877. The molecule has 1 aliphatic heterocycles. The van der Waals surface area contributed by atoms with Crippen molar-refractivity contribution in [2.75, 3.05) is 5.32 Å². The Kier molecular flexibility index (Phi) is 5.40. The van der Waals surface area contributed by atoms with E-state index in [2.05, 4.69) is 5.32 Å². The second kappa shape index (κ2) is 7.62. The lowest BCUT2D eigenvalue weighted by Gasteiger charge is -2.26. The molecule has 148 valence electrons. The largest absolute Gasteiger partial charge is 0.459 e. The van der Waals surface area contributed by atoms with Gasteiger partial charge in [0.05, 0.1) is 0 Å². The fourth-order valence-corrected chi connectivity index (χ4v) is 3.48. The summed E-state index contributed by atoms with van der Waals surface area (Å²) in [5.41, 5.74) is 1.84. The lowest BCUT2D eigenvalue weighted by Crippen LogP contribution is -2.39. The number of carbonyl (C=O) groups is 2. The SMILES string of the molecule is Cc1cc2c(c(=O)n1CC(=O)OC(C)(C)C)NC(=O)C(Cc1ccccc1)C2. The van der Waals surface area contributed by atoms with E-state index in [0.717, 1.165) is 11.1 Å². The first-order valence-electron chi connectivity index (χ1n) is 9.44. The van der Waals surface area contributed by atoms with Gasteiger partial charge in [-0.15, -0.1) is 0 Å². The van der Waals surface area contributed by atoms with Crippen LogP contribution in [0, 0.1) is 12.8 Å². The summed E-state index contributed by atoms with van der Waals surface area (Å²) < 4.78 is 6.67. The van der Waals surface area contributed by atoms with Crippen LogP contribution >= 0.6 is 0 Å². The molecule has 6 heteroatoms. The number of fused-ring (bicyclic) bond motifs is 1. The van der Waals surface area contributed by atoms with Crippen LogP contribution in [-0.2, 0) is 33.7 Å². The zero-order valence-corrected chi connectivity index (χ0v) is 16.7. The van der Waals surface area contributed by atoms with Gasteiger partial charge in [-0.3, -0.25) is 19.0 Å². The first kappa shape index (κ1) is 19.9. The molecular weight excluding hydrogens is 356 g/mol. The molecule has 0 radical (unpaired) electrons. The maximum atomic E-state index is 12.9. The van der Waals surface area contributed by atoms with Crippen LogP contribution in [0.1, 0.15) is 37.6 Å². The standard InChI is InChI=1S/C22H26N2O4/c1-14-10-16-12-17(11-15-8-6-5-7-9-15)20(26)23-19(16)21(27)24(14)13-18(25)28-22(2,3)4/h5-10,17H,11-13H2,1-4H3,(H,23,26). The summed E-state index contributed by atoms with van der Waals surface area (Å²) in [6.45, 7) is 6.94. The molecule has 2 heterocycles. The van der Waals surface area contributed by atoms with Gasteiger partial charge in [-0.05, 0) is 57.7 Å². The number of nitrogens with zero attached hydrogens (tertiary/aromatic N) is 1. The van der Waals surface area contributed by atoms with Crippen molar-refractivity contribution < 1.29 is 14.3 Å². The molecule has 0 saturated heterocycles. The zero-order chi connectivity index (χ0) is 20.5. The first-order chi connectivity index (χ1) is 13.1. The fourth-order valence-electron chi connectivity index (χ4n) is 3.48. The third-order valence-corrected chi connectivity index (χ3v) is 4.71. The second-order valence-corrected chi connectivity index (χ2v) is 8.24. The van der Waals surface area contributed by atoms with Crippen molar-refractivity contribution in [2.45, 2.75) is 52.7 Å². The Balaban J connectivity index is 1.84. The molecule has 1 atom stereocenters. The summed E-state index contributed by atoms with van der Waals surface area (Å²) >= 11 is 0. The Hall–Kier alpha value is -2.89. The summed E-state index contributed by atoms with van der Waals surface area (Å²) in [5, 5.41) is 2.76. The van der Waals surface area contributed by atoms with Crippen molar-refractivity contribution >= 4 is 17.6 Å². The van der Waals surface area contributed by atoms with Gasteiger partial charge in [0.25, 0.3) is 5.56 Å². The molecule has 0 aliphatic carbocycles. The Morgan fingerprint density at radius 1 is 1.21 bits per heavy atom. The molecule has 0 bridgehead atoms. The predicted molar refractivity (Wildman–Crippen MR) is 107 cm³/mol. The highest BCUT2D eigenvalue weighted by atomic mass is 16.6. The van der Waals surface area contributed by atoms with E-state index in [-0.39, 0.29) is 29.6 Å². The third-order valence-electron chi connectivity index (χ3n) is 4.71. The number of amides is 1. The molecule has 1 unspecified atom stereocenters. The number of nitrogens with one attached hydrogen (secondary N) is 1. The number of aromatic nitrogens is 1. The Bertz CT molecular complexity index is 955. The van der Waals surface area contributed by atoms with Crippen LogP contribution in [0.4, 0.5) is 5.69 Å². The van der Waals surface area contributed by atoms with Crippen LogP contribution in [0.15, 0.2) is 41.2 Å². The van der Waals surface area contributed by atoms with Gasteiger partial charge >= 0.3 is 5.97 Å². The smallest absolute Gasteiger partial charge is 0.326 e. The van der Waals surface area contributed by atoms with Gasteiger partial charge in [0, 0.05) is 11.6 Å². The van der Waals surface area contributed by atoms with E-state index in [9.17, 15) is 14.4 Å². The average Bonchev–Trinajstić information content (AvgIpc) is 2.60. The third kappa shape index (κ3) is 4.50. The Morgan fingerprint density at radius 2 is 1.89 bits per heavy atom. The maximum absolute atomic E-state index is 12.9. The Morgan fingerprint density at radius 3 is 2.54 bits per heavy atom. The van der Waals surface area contributed by atoms with E-state index in [1.165, 1.54) is 4.57 Å². The number of ether oxygens (including phenoxy) is 1. The fraction of sp³-hybridized carbons (Fsp3) is 0.409. The van der Waals surface area contributed by atoms with E-state index >= 15 is 0 Å². The molecule has 1 aliphatic rings. The van der Waals surface area contributed by atoms with Crippen molar-refractivity contribution in [3.63, 3.8) is 0 Å².